The summed E-state index contributed by atoms with van der Waals surface area (Å²) in [6.45, 7) is 10.5. The number of unbranched alkanes of at least 4 members (excludes halogenated alkanes) is 3. The quantitative estimate of drug-likeness (QED) is 0.194. The van der Waals surface area contributed by atoms with Crippen LogP contribution in [0.2, 0.25) is 0 Å². The van der Waals surface area contributed by atoms with Gasteiger partial charge in [-0.2, -0.15) is 0 Å². The third kappa shape index (κ3) is 11.7. The Labute approximate surface area is 187 Å². The number of carbonyl (C=O) groups is 2. The minimum atomic E-state index is 0. The van der Waals surface area contributed by atoms with Crippen LogP contribution >= 0.6 is 24.0 Å². The summed E-state index contributed by atoms with van der Waals surface area (Å²) in [5.41, 5.74) is 5.78. The first-order valence-corrected chi connectivity index (χ1v) is 10.5. The number of rotatable bonds is 11. The van der Waals surface area contributed by atoms with Gasteiger partial charge >= 0.3 is 0 Å². The molecule has 0 unspecified atom stereocenters. The zero-order valence-electron chi connectivity index (χ0n) is 17.9. The molecule has 8 heteroatoms. The summed E-state index contributed by atoms with van der Waals surface area (Å²) in [6.07, 6.45) is 6.20. The van der Waals surface area contributed by atoms with Gasteiger partial charge in [0.1, 0.15) is 0 Å². The number of aliphatic imine (C=N–C) groups is 1. The number of amides is 2. The van der Waals surface area contributed by atoms with Gasteiger partial charge in [-0.1, -0.05) is 33.6 Å². The zero-order chi connectivity index (χ0) is 20.1. The molecule has 0 radical (unpaired) electrons. The Kier molecular flexibility index (Phi) is 15.2. The molecule has 0 aromatic carbocycles. The van der Waals surface area contributed by atoms with Crippen LogP contribution in [0.4, 0.5) is 0 Å². The van der Waals surface area contributed by atoms with Crippen molar-refractivity contribution in [3.8, 4) is 0 Å². The molecule has 1 aliphatic rings. The summed E-state index contributed by atoms with van der Waals surface area (Å²) < 4.78 is 0. The minimum Gasteiger partial charge on any atom is -0.370 e. The summed E-state index contributed by atoms with van der Waals surface area (Å²) in [4.78, 5) is 32.5. The van der Waals surface area contributed by atoms with Crippen molar-refractivity contribution < 1.29 is 9.59 Å². The molecule has 0 aromatic rings. The SMILES string of the molecule is CCCCNC(N)=NCCCCCC(=O)N1CCN(C(=O)CC(C)C)CC1.I. The fraction of sp³-hybridized carbons (Fsp3) is 0.850. The lowest BCUT2D eigenvalue weighted by molar-refractivity contribution is -0.140. The Hall–Kier alpha value is -1.06. The van der Waals surface area contributed by atoms with E-state index < -0.39 is 0 Å². The molecule has 28 heavy (non-hydrogen) atoms. The van der Waals surface area contributed by atoms with Crippen LogP contribution in [-0.4, -0.2) is 66.8 Å². The van der Waals surface area contributed by atoms with E-state index in [1.165, 1.54) is 0 Å². The van der Waals surface area contributed by atoms with E-state index >= 15 is 0 Å². The second-order valence-electron chi connectivity index (χ2n) is 7.72. The van der Waals surface area contributed by atoms with Gasteiger partial charge in [-0.25, -0.2) is 0 Å². The van der Waals surface area contributed by atoms with Crippen LogP contribution in [0.1, 0.15) is 65.7 Å². The van der Waals surface area contributed by atoms with Crippen molar-refractivity contribution in [2.45, 2.75) is 65.7 Å². The van der Waals surface area contributed by atoms with Gasteiger partial charge in [-0.15, -0.1) is 24.0 Å². The summed E-state index contributed by atoms with van der Waals surface area (Å²) in [5, 5.41) is 3.10. The van der Waals surface area contributed by atoms with E-state index in [0.29, 0.717) is 57.4 Å². The smallest absolute Gasteiger partial charge is 0.222 e. The Balaban J connectivity index is 0.00000729. The average Bonchev–Trinajstić information content (AvgIpc) is 2.64. The average molecular weight is 509 g/mol. The van der Waals surface area contributed by atoms with Gasteiger partial charge in [0, 0.05) is 52.1 Å². The fourth-order valence-corrected chi connectivity index (χ4v) is 3.06. The molecule has 0 saturated carbocycles. The van der Waals surface area contributed by atoms with Crippen LogP contribution in [0.25, 0.3) is 0 Å². The maximum atomic E-state index is 12.3. The molecular weight excluding hydrogens is 469 g/mol. The van der Waals surface area contributed by atoms with Crippen LogP contribution < -0.4 is 11.1 Å². The van der Waals surface area contributed by atoms with Gasteiger partial charge in [0.25, 0.3) is 0 Å². The van der Waals surface area contributed by atoms with Crippen molar-refractivity contribution in [2.75, 3.05) is 39.3 Å². The number of hydrogen-bond donors (Lipinski definition) is 2. The molecule has 0 spiro atoms. The van der Waals surface area contributed by atoms with Crippen LogP contribution in [0.5, 0.6) is 0 Å². The van der Waals surface area contributed by atoms with E-state index in [1.807, 2.05) is 9.80 Å². The van der Waals surface area contributed by atoms with Crippen molar-refractivity contribution >= 4 is 41.8 Å². The van der Waals surface area contributed by atoms with Crippen LogP contribution in [0.15, 0.2) is 4.99 Å². The Morgan fingerprint density at radius 2 is 1.61 bits per heavy atom. The van der Waals surface area contributed by atoms with E-state index in [2.05, 4.69) is 31.1 Å². The number of nitrogens with one attached hydrogen (secondary N) is 1. The number of halogens is 1. The maximum absolute atomic E-state index is 12.3. The second kappa shape index (κ2) is 15.8. The van der Waals surface area contributed by atoms with Crippen molar-refractivity contribution in [1.82, 2.24) is 15.1 Å². The van der Waals surface area contributed by atoms with Gasteiger partial charge in [-0.3, -0.25) is 14.6 Å². The number of piperazine rings is 1. The van der Waals surface area contributed by atoms with Gasteiger partial charge in [0.2, 0.25) is 11.8 Å². The predicted octanol–water partition coefficient (Wildman–Crippen LogP) is 2.59. The fourth-order valence-electron chi connectivity index (χ4n) is 3.06. The van der Waals surface area contributed by atoms with Crippen molar-refractivity contribution in [3.63, 3.8) is 0 Å². The number of hydrogen-bond acceptors (Lipinski definition) is 3. The van der Waals surface area contributed by atoms with Crippen LogP contribution in [0.3, 0.4) is 0 Å². The third-order valence-electron chi connectivity index (χ3n) is 4.74. The lowest BCUT2D eigenvalue weighted by atomic mass is 10.1. The highest BCUT2D eigenvalue weighted by molar-refractivity contribution is 14.0. The highest BCUT2D eigenvalue weighted by Gasteiger charge is 2.23. The van der Waals surface area contributed by atoms with E-state index in [1.54, 1.807) is 0 Å². The number of nitrogens with two attached hydrogens (primary N) is 1. The van der Waals surface area contributed by atoms with Crippen molar-refractivity contribution in [2.24, 2.45) is 16.6 Å². The number of nitrogens with zero attached hydrogens (tertiary/aromatic N) is 3. The molecule has 0 aromatic heterocycles. The molecule has 1 heterocycles. The molecular formula is C20H40IN5O2. The minimum absolute atomic E-state index is 0. The first-order chi connectivity index (χ1) is 12.9. The maximum Gasteiger partial charge on any atom is 0.222 e. The predicted molar refractivity (Wildman–Crippen MR) is 126 cm³/mol. The number of carbonyl (C=O) groups excluding carboxylic acids is 2. The Bertz CT molecular complexity index is 477. The van der Waals surface area contributed by atoms with Crippen LogP contribution in [0, 0.1) is 5.92 Å². The monoisotopic (exact) mass is 509 g/mol. The lowest BCUT2D eigenvalue weighted by Gasteiger charge is -2.35. The largest absolute Gasteiger partial charge is 0.370 e. The number of guanidine groups is 1. The standard InChI is InChI=1S/C20H39N5O2.HI/c1-4-5-10-22-20(21)23-11-8-6-7-9-18(26)24-12-14-25(15-13-24)19(27)16-17(2)3;/h17H,4-16H2,1-3H3,(H3,21,22,23);1H. The normalized spacial score (nSPS) is 14.8. The topological polar surface area (TPSA) is 91.0 Å². The second-order valence-corrected chi connectivity index (χ2v) is 7.72. The van der Waals surface area contributed by atoms with Gasteiger partial charge in [0.15, 0.2) is 5.96 Å². The molecule has 1 saturated heterocycles. The Morgan fingerprint density at radius 1 is 1.00 bits per heavy atom. The molecule has 2 amide bonds. The van der Waals surface area contributed by atoms with Gasteiger partial charge in [0.05, 0.1) is 0 Å². The Morgan fingerprint density at radius 3 is 2.18 bits per heavy atom. The summed E-state index contributed by atoms with van der Waals surface area (Å²) >= 11 is 0. The molecule has 0 aliphatic carbocycles. The molecule has 0 bridgehead atoms. The van der Waals surface area contributed by atoms with Gasteiger partial charge < -0.3 is 20.9 Å². The summed E-state index contributed by atoms with van der Waals surface area (Å²) in [6, 6.07) is 0. The van der Waals surface area contributed by atoms with E-state index in [4.69, 9.17) is 5.73 Å². The lowest BCUT2D eigenvalue weighted by Crippen LogP contribution is -2.50. The van der Waals surface area contributed by atoms with Crippen LogP contribution in [-0.2, 0) is 9.59 Å². The highest BCUT2D eigenvalue weighted by Crippen LogP contribution is 2.10. The van der Waals surface area contributed by atoms with E-state index in [-0.39, 0.29) is 35.8 Å². The molecule has 1 rings (SSSR count). The van der Waals surface area contributed by atoms with Gasteiger partial charge in [-0.05, 0) is 25.2 Å². The first kappa shape index (κ1) is 26.9. The zero-order valence-corrected chi connectivity index (χ0v) is 20.2. The summed E-state index contributed by atoms with van der Waals surface area (Å²) in [5.74, 6) is 1.31. The highest BCUT2D eigenvalue weighted by atomic mass is 127. The van der Waals surface area contributed by atoms with Crippen molar-refractivity contribution in [3.05, 3.63) is 0 Å². The first-order valence-electron chi connectivity index (χ1n) is 10.5. The molecule has 3 N–H and O–H groups in total. The van der Waals surface area contributed by atoms with E-state index in [0.717, 1.165) is 38.6 Å². The van der Waals surface area contributed by atoms with E-state index in [9.17, 15) is 9.59 Å². The molecule has 7 nitrogen and oxygen atoms in total. The van der Waals surface area contributed by atoms with Crippen molar-refractivity contribution in [1.29, 1.82) is 0 Å². The molecule has 1 aliphatic heterocycles. The molecule has 164 valence electrons. The molecule has 1 fully saturated rings. The summed E-state index contributed by atoms with van der Waals surface area (Å²) in [7, 11) is 0. The molecule has 0 atom stereocenters. The third-order valence-corrected chi connectivity index (χ3v) is 4.74.